The van der Waals surface area contributed by atoms with Gasteiger partial charge in [-0.1, -0.05) is 12.1 Å². The second-order valence-electron chi connectivity index (χ2n) is 7.34. The van der Waals surface area contributed by atoms with Crippen molar-refractivity contribution in [1.29, 1.82) is 0 Å². The first-order valence-corrected chi connectivity index (χ1v) is 10.0. The first kappa shape index (κ1) is 22.8. The second kappa shape index (κ2) is 9.98. The maximum atomic E-state index is 14.3. The number of aromatic nitrogens is 1. The molecule has 1 aromatic heterocycles. The monoisotopic (exact) mass is 443 g/mol. The Morgan fingerprint density at radius 1 is 0.903 bits per heavy atom. The molecule has 7 heteroatoms. The van der Waals surface area contributed by atoms with Crippen LogP contribution in [0.15, 0.2) is 48.8 Å². The Labute approximate surface area is 188 Å². The van der Waals surface area contributed by atoms with Gasteiger partial charge in [0.15, 0.2) is 11.5 Å². The number of halogens is 2. The third-order valence-electron chi connectivity index (χ3n) is 5.63. The molecular formula is C24H27ClFN3O2. The van der Waals surface area contributed by atoms with E-state index in [2.05, 4.69) is 46.4 Å². The predicted octanol–water partition coefficient (Wildman–Crippen LogP) is 4.71. The summed E-state index contributed by atoms with van der Waals surface area (Å²) in [6.45, 7) is 6.11. The molecule has 0 radical (unpaired) electrons. The van der Waals surface area contributed by atoms with Gasteiger partial charge in [0, 0.05) is 55.4 Å². The fourth-order valence-corrected chi connectivity index (χ4v) is 3.91. The van der Waals surface area contributed by atoms with E-state index >= 15 is 0 Å². The molecule has 0 spiro atoms. The van der Waals surface area contributed by atoms with E-state index in [9.17, 15) is 4.39 Å². The summed E-state index contributed by atoms with van der Waals surface area (Å²) in [7, 11) is 2.90. The third-order valence-corrected chi connectivity index (χ3v) is 5.63. The molecule has 1 aliphatic heterocycles. The van der Waals surface area contributed by atoms with E-state index in [4.69, 9.17) is 9.47 Å². The standard InChI is InChI=1S/C24H26FN3O2.ClH/c1-16-20(17-4-6-19(7-5-17)28-10-8-26-9-11-28)14-27-15-21(16)18-12-22(29-2)24(25)23(13-18)30-3;/h4-7,12-15,26H,8-11H2,1-3H3;1H. The van der Waals surface area contributed by atoms with E-state index in [1.54, 1.807) is 18.3 Å². The van der Waals surface area contributed by atoms with Crippen LogP contribution in [0.5, 0.6) is 11.5 Å². The summed E-state index contributed by atoms with van der Waals surface area (Å²) in [5.74, 6) is -0.210. The Bertz CT molecular complexity index is 1010. The quantitative estimate of drug-likeness (QED) is 0.618. The highest BCUT2D eigenvalue weighted by Crippen LogP contribution is 2.37. The minimum Gasteiger partial charge on any atom is -0.494 e. The lowest BCUT2D eigenvalue weighted by Crippen LogP contribution is -2.43. The van der Waals surface area contributed by atoms with Crippen LogP contribution in [0, 0.1) is 12.7 Å². The number of piperazine rings is 1. The molecule has 1 aliphatic rings. The molecule has 0 bridgehead atoms. The van der Waals surface area contributed by atoms with Crippen LogP contribution in [-0.2, 0) is 0 Å². The van der Waals surface area contributed by atoms with Crippen molar-refractivity contribution >= 4 is 18.1 Å². The topological polar surface area (TPSA) is 46.6 Å². The summed E-state index contributed by atoms with van der Waals surface area (Å²) in [5, 5.41) is 3.38. The number of methoxy groups -OCH3 is 2. The maximum absolute atomic E-state index is 14.3. The summed E-state index contributed by atoms with van der Waals surface area (Å²) in [5.41, 5.74) is 6.15. The number of rotatable bonds is 5. The van der Waals surface area contributed by atoms with Crippen molar-refractivity contribution in [2.45, 2.75) is 6.92 Å². The van der Waals surface area contributed by atoms with Gasteiger partial charge in [-0.2, -0.15) is 4.39 Å². The lowest BCUT2D eigenvalue weighted by Gasteiger charge is -2.29. The molecule has 0 atom stereocenters. The van der Waals surface area contributed by atoms with Gasteiger partial charge in [-0.3, -0.25) is 4.98 Å². The Morgan fingerprint density at radius 2 is 1.45 bits per heavy atom. The summed E-state index contributed by atoms with van der Waals surface area (Å²) in [6.07, 6.45) is 3.66. The van der Waals surface area contributed by atoms with E-state index in [1.165, 1.54) is 19.9 Å². The maximum Gasteiger partial charge on any atom is 0.206 e. The van der Waals surface area contributed by atoms with Crippen LogP contribution in [0.2, 0.25) is 0 Å². The molecule has 0 saturated carbocycles. The zero-order chi connectivity index (χ0) is 21.1. The van der Waals surface area contributed by atoms with Crippen molar-refractivity contribution in [3.63, 3.8) is 0 Å². The number of nitrogens with zero attached hydrogens (tertiary/aromatic N) is 2. The van der Waals surface area contributed by atoms with E-state index in [0.29, 0.717) is 0 Å². The number of ether oxygens (including phenoxy) is 2. The predicted molar refractivity (Wildman–Crippen MR) is 125 cm³/mol. The lowest BCUT2D eigenvalue weighted by molar-refractivity contribution is 0.351. The molecule has 1 fully saturated rings. The van der Waals surface area contributed by atoms with Gasteiger partial charge in [0.2, 0.25) is 5.82 Å². The molecule has 164 valence electrons. The normalized spacial score (nSPS) is 13.5. The largest absolute Gasteiger partial charge is 0.494 e. The highest BCUT2D eigenvalue weighted by Gasteiger charge is 2.16. The smallest absolute Gasteiger partial charge is 0.206 e. The molecule has 2 heterocycles. The highest BCUT2D eigenvalue weighted by atomic mass is 35.5. The van der Waals surface area contributed by atoms with Crippen molar-refractivity contribution < 1.29 is 13.9 Å². The van der Waals surface area contributed by atoms with Crippen LogP contribution in [0.4, 0.5) is 10.1 Å². The number of nitrogens with one attached hydrogen (secondary N) is 1. The van der Waals surface area contributed by atoms with Gasteiger partial charge >= 0.3 is 0 Å². The third kappa shape index (κ3) is 4.60. The van der Waals surface area contributed by atoms with Gasteiger partial charge in [-0.25, -0.2) is 0 Å². The first-order valence-electron chi connectivity index (χ1n) is 10.0. The average Bonchev–Trinajstić information content (AvgIpc) is 2.80. The van der Waals surface area contributed by atoms with Crippen molar-refractivity contribution in [2.24, 2.45) is 0 Å². The molecule has 0 amide bonds. The summed E-state index contributed by atoms with van der Waals surface area (Å²) >= 11 is 0. The van der Waals surface area contributed by atoms with Crippen LogP contribution in [-0.4, -0.2) is 45.4 Å². The van der Waals surface area contributed by atoms with Crippen molar-refractivity contribution in [3.8, 4) is 33.8 Å². The Kier molecular flexibility index (Phi) is 7.36. The van der Waals surface area contributed by atoms with Gasteiger partial charge in [-0.05, 0) is 47.9 Å². The molecule has 5 nitrogen and oxygen atoms in total. The Balaban J connectivity index is 0.00000272. The van der Waals surface area contributed by atoms with Crippen molar-refractivity contribution in [2.75, 3.05) is 45.3 Å². The fraction of sp³-hybridized carbons (Fsp3) is 0.292. The van der Waals surface area contributed by atoms with Crippen molar-refractivity contribution in [1.82, 2.24) is 10.3 Å². The van der Waals surface area contributed by atoms with Gasteiger partial charge < -0.3 is 19.7 Å². The Morgan fingerprint density at radius 3 is 2.00 bits per heavy atom. The minimum atomic E-state index is -0.506. The molecule has 1 saturated heterocycles. The Hall–Kier alpha value is -2.83. The van der Waals surface area contributed by atoms with E-state index in [0.717, 1.165) is 54.0 Å². The zero-order valence-corrected chi connectivity index (χ0v) is 18.8. The van der Waals surface area contributed by atoms with E-state index < -0.39 is 5.82 Å². The minimum absolute atomic E-state index is 0. The SMILES string of the molecule is COc1cc(-c2cncc(-c3ccc(N4CCNCC4)cc3)c2C)cc(OC)c1F.Cl. The van der Waals surface area contributed by atoms with Crippen LogP contribution >= 0.6 is 12.4 Å². The molecule has 4 rings (SSSR count). The number of anilines is 1. The molecule has 31 heavy (non-hydrogen) atoms. The van der Waals surface area contributed by atoms with Crippen LogP contribution in [0.1, 0.15) is 5.56 Å². The summed E-state index contributed by atoms with van der Waals surface area (Å²) in [6, 6.07) is 12.0. The van der Waals surface area contributed by atoms with Crippen molar-refractivity contribution in [3.05, 3.63) is 60.2 Å². The molecule has 0 unspecified atom stereocenters. The van der Waals surface area contributed by atoms with Crippen LogP contribution in [0.3, 0.4) is 0 Å². The van der Waals surface area contributed by atoms with Crippen LogP contribution in [0.25, 0.3) is 22.3 Å². The molecule has 1 N–H and O–H groups in total. The fourth-order valence-electron chi connectivity index (χ4n) is 3.91. The highest BCUT2D eigenvalue weighted by molar-refractivity contribution is 5.85. The second-order valence-corrected chi connectivity index (χ2v) is 7.34. The van der Waals surface area contributed by atoms with Gasteiger partial charge in [0.25, 0.3) is 0 Å². The molecule has 3 aromatic rings. The first-order chi connectivity index (χ1) is 14.6. The molecular weight excluding hydrogens is 417 g/mol. The van der Waals surface area contributed by atoms with Gasteiger partial charge in [0.05, 0.1) is 14.2 Å². The average molecular weight is 444 g/mol. The van der Waals surface area contributed by atoms with Gasteiger partial charge in [0.1, 0.15) is 0 Å². The molecule has 0 aliphatic carbocycles. The summed E-state index contributed by atoms with van der Waals surface area (Å²) in [4.78, 5) is 6.84. The van der Waals surface area contributed by atoms with E-state index in [1.807, 2.05) is 6.20 Å². The van der Waals surface area contributed by atoms with Gasteiger partial charge in [-0.15, -0.1) is 12.4 Å². The van der Waals surface area contributed by atoms with E-state index in [-0.39, 0.29) is 23.9 Å². The van der Waals surface area contributed by atoms with Crippen LogP contribution < -0.4 is 19.7 Å². The number of pyridine rings is 1. The summed E-state index contributed by atoms with van der Waals surface area (Å²) < 4.78 is 24.7. The zero-order valence-electron chi connectivity index (χ0n) is 17.9. The molecule has 2 aromatic carbocycles. The lowest BCUT2D eigenvalue weighted by atomic mass is 9.95. The number of benzene rings is 2. The number of hydrogen-bond acceptors (Lipinski definition) is 5. The number of hydrogen-bond donors (Lipinski definition) is 1.